The molecule has 0 saturated carbocycles. The minimum Gasteiger partial charge on any atom is -0.497 e. The molecule has 27 heavy (non-hydrogen) atoms. The predicted molar refractivity (Wildman–Crippen MR) is 106 cm³/mol. The molecule has 1 aromatic carbocycles. The second-order valence-corrected chi connectivity index (χ2v) is 8.23. The fraction of sp³-hybridized carbons (Fsp3) is 0.429. The van der Waals surface area contributed by atoms with Crippen LogP contribution in [-0.4, -0.2) is 31.6 Å². The van der Waals surface area contributed by atoms with Crippen molar-refractivity contribution in [1.82, 2.24) is 5.32 Å². The highest BCUT2D eigenvalue weighted by molar-refractivity contribution is 7.17. The number of esters is 1. The Labute approximate surface area is 163 Å². The molecule has 1 heterocycles. The van der Waals surface area contributed by atoms with E-state index in [9.17, 15) is 9.59 Å². The Bertz CT molecular complexity index is 856. The Morgan fingerprint density at radius 1 is 1.15 bits per heavy atom. The van der Waals surface area contributed by atoms with Crippen molar-refractivity contribution >= 4 is 23.2 Å². The molecule has 0 aliphatic heterocycles. The highest BCUT2D eigenvalue weighted by Gasteiger charge is 2.25. The highest BCUT2D eigenvalue weighted by atomic mass is 32.1. The number of benzene rings is 1. The van der Waals surface area contributed by atoms with Crippen molar-refractivity contribution < 1.29 is 19.1 Å². The second kappa shape index (κ2) is 8.13. The number of nitrogens with one attached hydrogen (secondary N) is 1. The smallest absolute Gasteiger partial charge is 0.349 e. The van der Waals surface area contributed by atoms with Gasteiger partial charge < -0.3 is 14.8 Å². The van der Waals surface area contributed by atoms with Gasteiger partial charge in [-0.05, 0) is 66.6 Å². The minimum absolute atomic E-state index is 0.268. The molecule has 5 nitrogen and oxygen atoms in total. The van der Waals surface area contributed by atoms with Gasteiger partial charge in [0, 0.05) is 11.4 Å². The lowest BCUT2D eigenvalue weighted by Gasteiger charge is -2.16. The molecule has 1 aliphatic rings. The molecule has 3 rings (SSSR count). The van der Waals surface area contributed by atoms with Crippen molar-refractivity contribution in [1.29, 1.82) is 0 Å². The molecule has 2 aromatic rings. The summed E-state index contributed by atoms with van der Waals surface area (Å²) in [4.78, 5) is 26.2. The third-order valence-electron chi connectivity index (χ3n) is 4.57. The SMILES string of the molecule is COc1ccc2c(c1)CCc1cc(C(=O)O[C@H](C)C(=O)NCC(C)C)sc1-2. The molecule has 0 radical (unpaired) electrons. The topological polar surface area (TPSA) is 64.6 Å². The summed E-state index contributed by atoms with van der Waals surface area (Å²) < 4.78 is 10.7. The first kappa shape index (κ1) is 19.4. The number of thiophene rings is 1. The molecule has 6 heteroatoms. The van der Waals surface area contributed by atoms with Gasteiger partial charge in [-0.1, -0.05) is 13.8 Å². The standard InChI is InChI=1S/C21H25NO4S/c1-12(2)11-22-20(23)13(3)26-21(24)18-10-15-6-5-14-9-16(25-4)7-8-17(14)19(15)27-18/h7-10,12-13H,5-6,11H2,1-4H3,(H,22,23)/t13-/m1/s1. The minimum atomic E-state index is -0.813. The predicted octanol–water partition coefficient (Wildman–Crippen LogP) is 3.84. The van der Waals surface area contributed by atoms with Gasteiger partial charge in [0.15, 0.2) is 6.10 Å². The number of carbonyl (C=O) groups is 2. The monoisotopic (exact) mass is 387 g/mol. The number of aryl methyl sites for hydroxylation is 2. The Morgan fingerprint density at radius 3 is 2.59 bits per heavy atom. The van der Waals surface area contributed by atoms with Gasteiger partial charge in [0.1, 0.15) is 10.6 Å². The van der Waals surface area contributed by atoms with E-state index >= 15 is 0 Å². The van der Waals surface area contributed by atoms with Crippen LogP contribution in [0.3, 0.4) is 0 Å². The van der Waals surface area contributed by atoms with E-state index in [1.165, 1.54) is 16.9 Å². The highest BCUT2D eigenvalue weighted by Crippen LogP contribution is 2.41. The lowest BCUT2D eigenvalue weighted by atomic mass is 9.91. The van der Waals surface area contributed by atoms with Crippen molar-refractivity contribution in [2.45, 2.75) is 39.7 Å². The van der Waals surface area contributed by atoms with Gasteiger partial charge in [0.25, 0.3) is 5.91 Å². The normalized spacial score (nSPS) is 13.5. The van der Waals surface area contributed by atoms with E-state index in [-0.39, 0.29) is 5.91 Å². The van der Waals surface area contributed by atoms with E-state index in [0.29, 0.717) is 17.3 Å². The van der Waals surface area contributed by atoms with E-state index < -0.39 is 12.1 Å². The third kappa shape index (κ3) is 4.33. The second-order valence-electron chi connectivity index (χ2n) is 7.17. The molecule has 0 bridgehead atoms. The van der Waals surface area contributed by atoms with E-state index in [1.54, 1.807) is 14.0 Å². The first-order valence-corrected chi connectivity index (χ1v) is 9.99. The van der Waals surface area contributed by atoms with Crippen LogP contribution in [0.5, 0.6) is 5.75 Å². The lowest BCUT2D eigenvalue weighted by Crippen LogP contribution is -2.37. The molecule has 1 N–H and O–H groups in total. The van der Waals surface area contributed by atoms with E-state index in [1.807, 2.05) is 32.0 Å². The number of amides is 1. The van der Waals surface area contributed by atoms with E-state index in [4.69, 9.17) is 9.47 Å². The third-order valence-corrected chi connectivity index (χ3v) is 5.76. The Hall–Kier alpha value is -2.34. The van der Waals surface area contributed by atoms with Crippen molar-refractivity contribution in [2.75, 3.05) is 13.7 Å². The van der Waals surface area contributed by atoms with Gasteiger partial charge in [-0.2, -0.15) is 0 Å². The summed E-state index contributed by atoms with van der Waals surface area (Å²) in [5.74, 6) is 0.474. The van der Waals surface area contributed by atoms with Crippen molar-refractivity contribution in [3.05, 3.63) is 40.3 Å². The lowest BCUT2D eigenvalue weighted by molar-refractivity contribution is -0.129. The van der Waals surface area contributed by atoms with Crippen molar-refractivity contribution in [2.24, 2.45) is 5.92 Å². The summed E-state index contributed by atoms with van der Waals surface area (Å²) >= 11 is 1.42. The number of fused-ring (bicyclic) bond motifs is 3. The number of rotatable bonds is 6. The fourth-order valence-corrected chi connectivity index (χ4v) is 4.21. The summed E-state index contributed by atoms with van der Waals surface area (Å²) in [5, 5.41) is 2.79. The van der Waals surface area contributed by atoms with Crippen LogP contribution in [0.1, 0.15) is 41.6 Å². The molecule has 144 valence electrons. The molecule has 0 unspecified atom stereocenters. The van der Waals surface area contributed by atoms with Crippen LogP contribution in [0.25, 0.3) is 10.4 Å². The summed E-state index contributed by atoms with van der Waals surface area (Å²) in [5.41, 5.74) is 3.52. The Balaban J connectivity index is 1.73. The average Bonchev–Trinajstić information content (AvgIpc) is 3.10. The van der Waals surface area contributed by atoms with Crippen LogP contribution < -0.4 is 10.1 Å². The first-order chi connectivity index (χ1) is 12.9. The Kier molecular flexibility index (Phi) is 5.85. The van der Waals surface area contributed by atoms with Crippen LogP contribution in [0, 0.1) is 5.92 Å². The van der Waals surface area contributed by atoms with Gasteiger partial charge in [0.2, 0.25) is 0 Å². The van der Waals surface area contributed by atoms with Gasteiger partial charge in [0.05, 0.1) is 7.11 Å². The van der Waals surface area contributed by atoms with Crippen LogP contribution in [-0.2, 0) is 22.4 Å². The van der Waals surface area contributed by atoms with Gasteiger partial charge in [-0.3, -0.25) is 4.79 Å². The van der Waals surface area contributed by atoms with Crippen LogP contribution in [0.2, 0.25) is 0 Å². The summed E-state index contributed by atoms with van der Waals surface area (Å²) in [7, 11) is 1.66. The number of methoxy groups -OCH3 is 1. The van der Waals surface area contributed by atoms with Crippen molar-refractivity contribution in [3.8, 4) is 16.2 Å². The molecule has 0 fully saturated rings. The molecular weight excluding hydrogens is 362 g/mol. The summed E-state index contributed by atoms with van der Waals surface area (Å²) in [6.45, 7) is 6.19. The maximum atomic E-state index is 12.5. The molecule has 1 amide bonds. The quantitative estimate of drug-likeness (QED) is 0.765. The zero-order valence-electron chi connectivity index (χ0n) is 16.1. The molecule has 1 atom stereocenters. The fourth-order valence-electron chi connectivity index (χ4n) is 3.06. The molecule has 1 aromatic heterocycles. The van der Waals surface area contributed by atoms with Gasteiger partial charge in [-0.15, -0.1) is 11.3 Å². The maximum absolute atomic E-state index is 12.5. The maximum Gasteiger partial charge on any atom is 0.349 e. The molecule has 0 saturated heterocycles. The largest absolute Gasteiger partial charge is 0.497 e. The van der Waals surface area contributed by atoms with E-state index in [0.717, 1.165) is 34.6 Å². The van der Waals surface area contributed by atoms with E-state index in [2.05, 4.69) is 11.4 Å². The number of hydrogen-bond acceptors (Lipinski definition) is 5. The number of ether oxygens (including phenoxy) is 2. The number of carbonyl (C=O) groups excluding carboxylic acids is 2. The number of hydrogen-bond donors (Lipinski definition) is 1. The zero-order valence-corrected chi connectivity index (χ0v) is 16.9. The van der Waals surface area contributed by atoms with Crippen LogP contribution >= 0.6 is 11.3 Å². The average molecular weight is 388 g/mol. The summed E-state index contributed by atoms with van der Waals surface area (Å²) in [6.07, 6.45) is 0.981. The van der Waals surface area contributed by atoms with Crippen molar-refractivity contribution in [3.63, 3.8) is 0 Å². The van der Waals surface area contributed by atoms with Crippen LogP contribution in [0.15, 0.2) is 24.3 Å². The molecule has 1 aliphatic carbocycles. The molecular formula is C21H25NO4S. The zero-order chi connectivity index (χ0) is 19.6. The van der Waals surface area contributed by atoms with Crippen LogP contribution in [0.4, 0.5) is 0 Å². The summed E-state index contributed by atoms with van der Waals surface area (Å²) in [6, 6.07) is 7.93. The molecule has 0 spiro atoms. The van der Waals surface area contributed by atoms with Gasteiger partial charge in [-0.25, -0.2) is 4.79 Å². The Morgan fingerprint density at radius 2 is 1.89 bits per heavy atom. The first-order valence-electron chi connectivity index (χ1n) is 9.17. The van der Waals surface area contributed by atoms with Gasteiger partial charge >= 0.3 is 5.97 Å².